The molecule has 3 N–H and O–H groups in total. The van der Waals surface area contributed by atoms with Gasteiger partial charge < -0.3 is 20.5 Å². The second-order valence-electron chi connectivity index (χ2n) is 6.52. The molecule has 7 heteroatoms. The molecule has 3 rings (SSSR count). The zero-order valence-electron chi connectivity index (χ0n) is 13.7. The lowest BCUT2D eigenvalue weighted by Gasteiger charge is -2.39. The Hall–Kier alpha value is -1.60. The topological polar surface area (TPSA) is 91.4 Å². The van der Waals surface area contributed by atoms with Crippen molar-refractivity contribution in [2.24, 2.45) is 11.8 Å². The summed E-state index contributed by atoms with van der Waals surface area (Å²) < 4.78 is 12.7. The Morgan fingerprint density at radius 1 is 1.35 bits per heavy atom. The second-order valence-corrected chi connectivity index (χ2v) is 6.52. The summed E-state index contributed by atoms with van der Waals surface area (Å²) >= 11 is 0. The molecule has 2 fully saturated rings. The fourth-order valence-corrected chi connectivity index (χ4v) is 3.63. The quantitative estimate of drug-likeness (QED) is 0.852. The molecule has 2 aliphatic heterocycles. The number of carbonyl (C=O) groups is 1. The van der Waals surface area contributed by atoms with E-state index in [1.165, 1.54) is 0 Å². The molecule has 2 aliphatic rings. The first-order valence-corrected chi connectivity index (χ1v) is 8.38. The maximum atomic E-state index is 12.4. The zero-order chi connectivity index (χ0) is 16.2. The van der Waals surface area contributed by atoms with Gasteiger partial charge in [0.1, 0.15) is 12.4 Å². The summed E-state index contributed by atoms with van der Waals surface area (Å²) in [5.74, 6) is 1.41. The number of aromatic nitrogens is 2. The van der Waals surface area contributed by atoms with E-state index in [1.54, 1.807) is 10.7 Å². The molecule has 0 aromatic carbocycles. The Bertz CT molecular complexity index is 539. The van der Waals surface area contributed by atoms with Crippen molar-refractivity contribution in [3.05, 3.63) is 11.8 Å². The normalized spacial score (nSPS) is 26.1. The van der Waals surface area contributed by atoms with Gasteiger partial charge in [0.2, 0.25) is 5.91 Å². The van der Waals surface area contributed by atoms with Gasteiger partial charge in [0.15, 0.2) is 0 Å². The maximum Gasteiger partial charge on any atom is 0.242 e. The van der Waals surface area contributed by atoms with Crippen LogP contribution in [0.4, 0.5) is 5.82 Å². The Morgan fingerprint density at radius 3 is 2.78 bits per heavy atom. The lowest BCUT2D eigenvalue weighted by atomic mass is 9.79. The Labute approximate surface area is 136 Å². The highest BCUT2D eigenvalue weighted by molar-refractivity contribution is 5.76. The van der Waals surface area contributed by atoms with Crippen molar-refractivity contribution in [1.82, 2.24) is 15.1 Å². The predicted octanol–water partition coefficient (Wildman–Crippen LogP) is 0.722. The number of amides is 1. The summed E-state index contributed by atoms with van der Waals surface area (Å²) in [6, 6.07) is 1.93. The highest BCUT2D eigenvalue weighted by Crippen LogP contribution is 2.30. The summed E-state index contributed by atoms with van der Waals surface area (Å²) in [6.45, 7) is 5.07. The average Bonchev–Trinajstić information content (AvgIpc) is 2.86. The lowest BCUT2D eigenvalue weighted by Crippen LogP contribution is -2.49. The molecule has 0 radical (unpaired) electrons. The molecular weight excluding hydrogens is 296 g/mol. The van der Waals surface area contributed by atoms with Gasteiger partial charge in [0.05, 0.1) is 12.3 Å². The number of nitrogens with two attached hydrogens (primary N) is 1. The van der Waals surface area contributed by atoms with Crippen molar-refractivity contribution < 1.29 is 14.3 Å². The van der Waals surface area contributed by atoms with Crippen LogP contribution in [-0.2, 0) is 20.8 Å². The number of nitrogen functional groups attached to an aromatic ring is 1. The van der Waals surface area contributed by atoms with Crippen LogP contribution in [0.1, 0.15) is 25.0 Å². The van der Waals surface area contributed by atoms with Crippen molar-refractivity contribution in [1.29, 1.82) is 0 Å². The fourth-order valence-electron chi connectivity index (χ4n) is 3.63. The number of carbonyl (C=O) groups excluding carboxylic acids is 1. The van der Waals surface area contributed by atoms with E-state index < -0.39 is 0 Å². The summed E-state index contributed by atoms with van der Waals surface area (Å²) in [6.07, 6.45) is 2.96. The van der Waals surface area contributed by atoms with Crippen LogP contribution in [0.3, 0.4) is 0 Å². The van der Waals surface area contributed by atoms with Gasteiger partial charge in [-0.15, -0.1) is 0 Å². The molecule has 1 amide bonds. The van der Waals surface area contributed by atoms with E-state index in [0.717, 1.165) is 44.8 Å². The summed E-state index contributed by atoms with van der Waals surface area (Å²) in [4.78, 5) is 12.4. The van der Waals surface area contributed by atoms with Gasteiger partial charge >= 0.3 is 0 Å². The highest BCUT2D eigenvalue weighted by atomic mass is 16.5. The zero-order valence-corrected chi connectivity index (χ0v) is 13.7. The third-order valence-electron chi connectivity index (χ3n) is 4.84. The van der Waals surface area contributed by atoms with Gasteiger partial charge in [0, 0.05) is 37.8 Å². The van der Waals surface area contributed by atoms with Crippen LogP contribution in [0.5, 0.6) is 0 Å². The first-order chi connectivity index (χ1) is 11.1. The van der Waals surface area contributed by atoms with Crippen molar-refractivity contribution in [2.45, 2.75) is 38.8 Å². The van der Waals surface area contributed by atoms with Gasteiger partial charge in [-0.05, 0) is 32.1 Å². The second kappa shape index (κ2) is 7.31. The van der Waals surface area contributed by atoms with E-state index in [-0.39, 0.29) is 18.5 Å². The monoisotopic (exact) mass is 322 g/mol. The van der Waals surface area contributed by atoms with E-state index >= 15 is 0 Å². The third-order valence-corrected chi connectivity index (χ3v) is 4.84. The number of hydrogen-bond donors (Lipinski definition) is 2. The number of hydrogen-bond acceptors (Lipinski definition) is 5. The van der Waals surface area contributed by atoms with Crippen LogP contribution in [0.2, 0.25) is 0 Å². The summed E-state index contributed by atoms with van der Waals surface area (Å²) in [5.41, 5.74) is 6.67. The number of rotatable bonds is 4. The van der Waals surface area contributed by atoms with Crippen molar-refractivity contribution >= 4 is 11.7 Å². The maximum absolute atomic E-state index is 12.4. The minimum atomic E-state index is -0.0382. The van der Waals surface area contributed by atoms with Crippen molar-refractivity contribution in [3.63, 3.8) is 0 Å². The van der Waals surface area contributed by atoms with Crippen LogP contribution >= 0.6 is 0 Å². The molecule has 128 valence electrons. The molecule has 23 heavy (non-hydrogen) atoms. The highest BCUT2D eigenvalue weighted by Gasteiger charge is 2.34. The Balaban J connectivity index is 1.59. The minimum absolute atomic E-state index is 0.0382. The summed E-state index contributed by atoms with van der Waals surface area (Å²) in [7, 11) is 0. The molecule has 0 spiro atoms. The first kappa shape index (κ1) is 16.3. The number of ether oxygens (including phenoxy) is 2. The molecular formula is C16H26N4O3. The predicted molar refractivity (Wildman–Crippen MR) is 85.8 cm³/mol. The van der Waals surface area contributed by atoms with E-state index in [4.69, 9.17) is 15.2 Å². The van der Waals surface area contributed by atoms with Gasteiger partial charge in [-0.2, -0.15) is 5.10 Å². The van der Waals surface area contributed by atoms with Gasteiger partial charge in [-0.3, -0.25) is 4.79 Å². The van der Waals surface area contributed by atoms with E-state index in [2.05, 4.69) is 10.4 Å². The lowest BCUT2D eigenvalue weighted by molar-refractivity contribution is -0.124. The molecule has 2 saturated heterocycles. The molecule has 3 heterocycles. The molecule has 2 atom stereocenters. The van der Waals surface area contributed by atoms with Gasteiger partial charge in [-0.1, -0.05) is 0 Å². The molecule has 0 saturated carbocycles. The van der Waals surface area contributed by atoms with Gasteiger partial charge in [-0.25, -0.2) is 4.68 Å². The molecule has 0 aliphatic carbocycles. The molecule has 0 unspecified atom stereocenters. The third kappa shape index (κ3) is 4.03. The number of nitrogens with zero attached hydrogens (tertiary/aromatic N) is 2. The smallest absolute Gasteiger partial charge is 0.242 e. The fraction of sp³-hybridized carbons (Fsp3) is 0.750. The number of aryl methyl sites for hydroxylation is 1. The molecule has 1 aromatic rings. The Kier molecular flexibility index (Phi) is 5.17. The van der Waals surface area contributed by atoms with E-state index in [0.29, 0.717) is 24.3 Å². The minimum Gasteiger partial charge on any atom is -0.384 e. The van der Waals surface area contributed by atoms with Crippen molar-refractivity contribution in [3.8, 4) is 0 Å². The first-order valence-electron chi connectivity index (χ1n) is 8.38. The largest absolute Gasteiger partial charge is 0.384 e. The van der Waals surface area contributed by atoms with Crippen LogP contribution in [-0.4, -0.2) is 48.2 Å². The average molecular weight is 322 g/mol. The molecule has 0 bridgehead atoms. The van der Waals surface area contributed by atoms with Gasteiger partial charge in [0.25, 0.3) is 0 Å². The number of nitrogens with one attached hydrogen (secondary N) is 1. The summed E-state index contributed by atoms with van der Waals surface area (Å²) in [5, 5.41) is 7.42. The van der Waals surface area contributed by atoms with E-state index in [1.807, 2.05) is 6.92 Å². The molecule has 1 aromatic heterocycles. The standard InChI is InChI=1S/C16H26N4O3/c1-11-8-15(17)20(19-11)9-16(21)18-14-4-7-23-10-13(14)12-2-5-22-6-3-12/h8,12-14H,2-7,9-10,17H2,1H3,(H,18,21)/t13-,14-/m0/s1. The SMILES string of the molecule is Cc1cc(N)n(CC(=O)N[C@H]2CCOC[C@H]2C2CCOCC2)n1. The van der Waals surface area contributed by atoms with Crippen molar-refractivity contribution in [2.75, 3.05) is 32.2 Å². The van der Waals surface area contributed by atoms with Crippen LogP contribution < -0.4 is 11.1 Å². The van der Waals surface area contributed by atoms with Crippen LogP contribution in [0.25, 0.3) is 0 Å². The Morgan fingerprint density at radius 2 is 2.09 bits per heavy atom. The van der Waals surface area contributed by atoms with Crippen LogP contribution in [0, 0.1) is 18.8 Å². The van der Waals surface area contributed by atoms with E-state index in [9.17, 15) is 4.79 Å². The molecule has 7 nitrogen and oxygen atoms in total. The van der Waals surface area contributed by atoms with Crippen LogP contribution in [0.15, 0.2) is 6.07 Å². The number of anilines is 1.